The number of halogens is 3. The first kappa shape index (κ1) is 21.2. The number of benzene rings is 2. The molecule has 0 aliphatic carbocycles. The van der Waals surface area contributed by atoms with Gasteiger partial charge < -0.3 is 4.74 Å². The number of nitrogens with zero attached hydrogens (tertiary/aromatic N) is 2. The number of hydrogen-bond acceptors (Lipinski definition) is 6. The zero-order valence-electron chi connectivity index (χ0n) is 13.6. The number of esters is 1. The molecule has 8 nitrogen and oxygen atoms in total. The summed E-state index contributed by atoms with van der Waals surface area (Å²) in [5.41, 5.74) is -0.849. The van der Waals surface area contributed by atoms with Crippen molar-refractivity contribution in [3.05, 3.63) is 61.6 Å². The summed E-state index contributed by atoms with van der Waals surface area (Å²) in [5, 5.41) is 11.1. The number of methoxy groups -OCH3 is 1. The zero-order chi connectivity index (χ0) is 20.4. The molecule has 0 radical (unpaired) electrons. The number of nitro groups is 1. The minimum absolute atomic E-state index is 0.0244. The van der Waals surface area contributed by atoms with Gasteiger partial charge in [0.2, 0.25) is 0 Å². The highest BCUT2D eigenvalue weighted by atomic mass is 35.5. The van der Waals surface area contributed by atoms with E-state index in [1.54, 1.807) is 0 Å². The summed E-state index contributed by atoms with van der Waals surface area (Å²) in [5.74, 6) is -0.917. The number of ether oxygens (including phenoxy) is 1. The normalized spacial score (nSPS) is 11.1. The van der Waals surface area contributed by atoms with Crippen molar-refractivity contribution in [2.75, 3.05) is 18.0 Å². The minimum Gasteiger partial charge on any atom is -0.468 e. The fraction of sp³-hybridized carbons (Fsp3) is 0.133. The predicted molar refractivity (Wildman–Crippen MR) is 101 cm³/mol. The van der Waals surface area contributed by atoms with Crippen molar-refractivity contribution in [2.45, 2.75) is 4.90 Å². The third-order valence-electron chi connectivity index (χ3n) is 3.39. The Hall–Kier alpha value is -2.07. The number of nitro benzene ring substituents is 1. The molecule has 0 bridgehead atoms. The molecule has 0 saturated carbocycles. The molecule has 0 fully saturated rings. The Morgan fingerprint density at radius 2 is 1.74 bits per heavy atom. The van der Waals surface area contributed by atoms with Crippen LogP contribution in [0.3, 0.4) is 0 Å². The lowest BCUT2D eigenvalue weighted by Gasteiger charge is -2.24. The lowest BCUT2D eigenvalue weighted by Crippen LogP contribution is -2.36. The molecule has 0 spiro atoms. The third kappa shape index (κ3) is 4.44. The van der Waals surface area contributed by atoms with Crippen molar-refractivity contribution in [3.8, 4) is 0 Å². The van der Waals surface area contributed by atoms with Crippen LogP contribution in [-0.4, -0.2) is 33.0 Å². The summed E-state index contributed by atoms with van der Waals surface area (Å²) in [6.45, 7) is -0.789. The third-order valence-corrected chi connectivity index (χ3v) is 6.22. The fourth-order valence-corrected chi connectivity index (χ4v) is 4.40. The van der Waals surface area contributed by atoms with Crippen molar-refractivity contribution >= 4 is 62.2 Å². The molecular weight excluding hydrogens is 443 g/mol. The van der Waals surface area contributed by atoms with E-state index < -0.39 is 38.0 Å². The summed E-state index contributed by atoms with van der Waals surface area (Å²) in [4.78, 5) is 21.6. The molecule has 0 N–H and O–H groups in total. The molecule has 27 heavy (non-hydrogen) atoms. The van der Waals surface area contributed by atoms with Gasteiger partial charge in [0, 0.05) is 6.07 Å². The van der Waals surface area contributed by atoms with E-state index >= 15 is 0 Å². The average molecular weight is 454 g/mol. The van der Waals surface area contributed by atoms with E-state index in [9.17, 15) is 23.3 Å². The second kappa shape index (κ2) is 8.30. The van der Waals surface area contributed by atoms with Gasteiger partial charge in [-0.3, -0.25) is 19.2 Å². The average Bonchev–Trinajstić information content (AvgIpc) is 2.62. The summed E-state index contributed by atoms with van der Waals surface area (Å²) in [6.07, 6.45) is 0. The van der Waals surface area contributed by atoms with Gasteiger partial charge in [-0.15, -0.1) is 0 Å². The van der Waals surface area contributed by atoms with Gasteiger partial charge in [0.1, 0.15) is 6.54 Å². The molecule has 0 saturated heterocycles. The van der Waals surface area contributed by atoms with E-state index in [1.165, 1.54) is 18.2 Å². The van der Waals surface area contributed by atoms with Crippen LogP contribution >= 0.6 is 34.8 Å². The monoisotopic (exact) mass is 452 g/mol. The number of para-hydroxylation sites is 1. The van der Waals surface area contributed by atoms with Crippen LogP contribution in [-0.2, 0) is 19.6 Å². The predicted octanol–water partition coefficient (Wildman–Crippen LogP) is 3.92. The Morgan fingerprint density at radius 1 is 1.15 bits per heavy atom. The largest absolute Gasteiger partial charge is 0.468 e. The Bertz CT molecular complexity index is 1010. The van der Waals surface area contributed by atoms with Gasteiger partial charge in [-0.1, -0.05) is 46.9 Å². The van der Waals surface area contributed by atoms with Crippen LogP contribution in [0.4, 0.5) is 11.4 Å². The summed E-state index contributed by atoms with van der Waals surface area (Å²) < 4.78 is 31.4. The number of hydrogen-bond donors (Lipinski definition) is 0. The molecule has 0 aliphatic rings. The van der Waals surface area contributed by atoms with E-state index in [2.05, 4.69) is 4.74 Å². The molecule has 2 aromatic carbocycles. The standard InChI is InChI=1S/C15H11Cl3N2O6S/c1-26-15(21)8-19(13-7-10(17)9(16)6-11(13)18)27(24,25)14-5-3-2-4-12(14)20(22)23/h2-7H,8H2,1H3. The summed E-state index contributed by atoms with van der Waals surface area (Å²) in [7, 11) is -3.52. The minimum atomic E-state index is -4.58. The van der Waals surface area contributed by atoms with E-state index in [0.717, 1.165) is 25.3 Å². The van der Waals surface area contributed by atoms with Gasteiger partial charge in [0.15, 0.2) is 4.90 Å². The maximum Gasteiger partial charge on any atom is 0.326 e. The molecule has 0 aliphatic heterocycles. The van der Waals surface area contributed by atoms with E-state index in [0.29, 0.717) is 4.31 Å². The lowest BCUT2D eigenvalue weighted by molar-refractivity contribution is -0.387. The van der Waals surface area contributed by atoms with E-state index in [-0.39, 0.29) is 20.8 Å². The van der Waals surface area contributed by atoms with Crippen LogP contribution in [0, 0.1) is 10.1 Å². The Balaban J connectivity index is 2.73. The quantitative estimate of drug-likeness (QED) is 0.284. The second-order valence-corrected chi connectivity index (χ2v) is 8.08. The topological polar surface area (TPSA) is 107 Å². The molecule has 12 heteroatoms. The van der Waals surface area contributed by atoms with Crippen molar-refractivity contribution < 1.29 is 22.9 Å². The first-order valence-corrected chi connectivity index (χ1v) is 9.64. The van der Waals surface area contributed by atoms with E-state index in [1.807, 2.05) is 0 Å². The smallest absolute Gasteiger partial charge is 0.326 e. The van der Waals surface area contributed by atoms with Gasteiger partial charge in [0.25, 0.3) is 15.7 Å². The van der Waals surface area contributed by atoms with Crippen LogP contribution in [0.2, 0.25) is 15.1 Å². The maximum atomic E-state index is 13.1. The molecule has 0 unspecified atom stereocenters. The summed E-state index contributed by atoms with van der Waals surface area (Å²) >= 11 is 17.9. The Kier molecular flexibility index (Phi) is 6.53. The highest BCUT2D eigenvalue weighted by molar-refractivity contribution is 7.93. The maximum absolute atomic E-state index is 13.1. The van der Waals surface area contributed by atoms with Gasteiger partial charge >= 0.3 is 5.97 Å². The van der Waals surface area contributed by atoms with Crippen LogP contribution < -0.4 is 4.31 Å². The van der Waals surface area contributed by atoms with Crippen LogP contribution in [0.5, 0.6) is 0 Å². The van der Waals surface area contributed by atoms with Crippen molar-refractivity contribution in [3.63, 3.8) is 0 Å². The SMILES string of the molecule is COC(=O)CN(c1cc(Cl)c(Cl)cc1Cl)S(=O)(=O)c1ccccc1[N+](=O)[O-]. The van der Waals surface area contributed by atoms with Crippen molar-refractivity contribution in [2.24, 2.45) is 0 Å². The molecular formula is C15H11Cl3N2O6S. The van der Waals surface area contributed by atoms with Gasteiger partial charge in [-0.05, 0) is 18.2 Å². The lowest BCUT2D eigenvalue weighted by atomic mass is 10.3. The molecule has 144 valence electrons. The first-order valence-electron chi connectivity index (χ1n) is 7.07. The van der Waals surface area contributed by atoms with Gasteiger partial charge in [0.05, 0.1) is 32.8 Å². The number of carbonyl (C=O) groups is 1. The van der Waals surface area contributed by atoms with Crippen molar-refractivity contribution in [1.82, 2.24) is 0 Å². The van der Waals surface area contributed by atoms with Crippen LogP contribution in [0.25, 0.3) is 0 Å². The second-order valence-electron chi connectivity index (χ2n) is 5.03. The van der Waals surface area contributed by atoms with Crippen LogP contribution in [0.1, 0.15) is 0 Å². The fourth-order valence-electron chi connectivity index (χ4n) is 2.13. The van der Waals surface area contributed by atoms with Gasteiger partial charge in [-0.25, -0.2) is 8.42 Å². The summed E-state index contributed by atoms with van der Waals surface area (Å²) in [6, 6.07) is 7.03. The number of carbonyl (C=O) groups excluding carboxylic acids is 1. The Morgan fingerprint density at radius 3 is 2.33 bits per heavy atom. The highest BCUT2D eigenvalue weighted by Crippen LogP contribution is 2.38. The number of anilines is 1. The highest BCUT2D eigenvalue weighted by Gasteiger charge is 2.34. The van der Waals surface area contributed by atoms with Crippen molar-refractivity contribution in [1.29, 1.82) is 0 Å². The zero-order valence-corrected chi connectivity index (χ0v) is 16.6. The molecule has 2 aromatic rings. The number of rotatable bonds is 6. The number of sulfonamides is 1. The van der Waals surface area contributed by atoms with Crippen LogP contribution in [0.15, 0.2) is 41.3 Å². The molecule has 0 amide bonds. The van der Waals surface area contributed by atoms with E-state index in [4.69, 9.17) is 34.8 Å². The first-order chi connectivity index (χ1) is 12.6. The molecule has 0 atom stereocenters. The Labute approximate surface area is 169 Å². The van der Waals surface area contributed by atoms with Gasteiger partial charge in [-0.2, -0.15) is 0 Å². The molecule has 0 heterocycles. The molecule has 0 aromatic heterocycles. The molecule has 2 rings (SSSR count).